The topological polar surface area (TPSA) is 85.4 Å². The van der Waals surface area contributed by atoms with Crippen LogP contribution in [0.2, 0.25) is 0 Å². The van der Waals surface area contributed by atoms with E-state index in [1.54, 1.807) is 6.07 Å². The van der Waals surface area contributed by atoms with E-state index in [4.69, 9.17) is 9.47 Å². The zero-order valence-corrected chi connectivity index (χ0v) is 13.8. The highest BCUT2D eigenvalue weighted by Crippen LogP contribution is 2.38. The Labute approximate surface area is 145 Å². The molecule has 0 atom stereocenters. The number of ether oxygens (including phenoxy) is 2. The molecule has 7 heteroatoms. The number of urea groups is 1. The number of aromatic nitrogens is 2. The number of nitrogens with zero attached hydrogens (tertiary/aromatic N) is 2. The molecule has 0 radical (unpaired) electrons. The molecule has 130 valence electrons. The first-order valence-corrected chi connectivity index (χ1v) is 8.55. The minimum absolute atomic E-state index is 0.296. The van der Waals surface area contributed by atoms with Crippen molar-refractivity contribution in [2.75, 3.05) is 25.1 Å². The number of carbonyl (C=O) groups is 1. The van der Waals surface area contributed by atoms with E-state index in [-0.39, 0.29) is 6.03 Å². The summed E-state index contributed by atoms with van der Waals surface area (Å²) in [6, 6.07) is 9.22. The first-order chi connectivity index (χ1) is 12.3. The lowest BCUT2D eigenvalue weighted by molar-refractivity contribution is 0.170. The molecular weight excluding hydrogens is 320 g/mol. The van der Waals surface area contributed by atoms with Crippen LogP contribution >= 0.6 is 0 Å². The Bertz CT molecular complexity index is 759. The fraction of sp³-hybridized carbons (Fsp3) is 0.389. The summed E-state index contributed by atoms with van der Waals surface area (Å²) in [5, 5.41) is 13.7. The van der Waals surface area contributed by atoms with E-state index in [0.717, 1.165) is 22.8 Å². The summed E-state index contributed by atoms with van der Waals surface area (Å²) in [5.74, 6) is 2.55. The zero-order chi connectivity index (χ0) is 17.1. The largest absolute Gasteiger partial charge is 0.486 e. The molecule has 1 saturated carbocycles. The van der Waals surface area contributed by atoms with E-state index in [1.807, 2.05) is 24.3 Å². The first kappa shape index (κ1) is 15.7. The van der Waals surface area contributed by atoms with Crippen LogP contribution in [0.1, 0.15) is 30.0 Å². The van der Waals surface area contributed by atoms with Gasteiger partial charge in [-0.15, -0.1) is 5.10 Å². The molecule has 1 aromatic heterocycles. The van der Waals surface area contributed by atoms with Crippen molar-refractivity contribution in [1.82, 2.24) is 15.5 Å². The van der Waals surface area contributed by atoms with Gasteiger partial charge >= 0.3 is 6.03 Å². The van der Waals surface area contributed by atoms with E-state index in [2.05, 4.69) is 20.8 Å². The summed E-state index contributed by atoms with van der Waals surface area (Å²) in [5.41, 5.74) is 2.02. The van der Waals surface area contributed by atoms with Crippen molar-refractivity contribution in [2.24, 2.45) is 0 Å². The monoisotopic (exact) mass is 340 g/mol. The van der Waals surface area contributed by atoms with E-state index >= 15 is 0 Å². The van der Waals surface area contributed by atoms with Gasteiger partial charge in [-0.1, -0.05) is 12.1 Å². The number of nitrogens with one attached hydrogen (secondary N) is 2. The molecule has 7 nitrogen and oxygen atoms in total. The highest BCUT2D eigenvalue weighted by Gasteiger charge is 2.25. The number of hydrogen-bond acceptors (Lipinski definition) is 5. The number of para-hydroxylation sites is 1. The third kappa shape index (κ3) is 3.81. The lowest BCUT2D eigenvalue weighted by Gasteiger charge is -2.21. The summed E-state index contributed by atoms with van der Waals surface area (Å²) in [4.78, 5) is 12.0. The van der Waals surface area contributed by atoms with Gasteiger partial charge in [0.15, 0.2) is 17.3 Å². The highest BCUT2D eigenvalue weighted by molar-refractivity contribution is 5.88. The van der Waals surface area contributed by atoms with Gasteiger partial charge in [-0.05, 0) is 43.0 Å². The van der Waals surface area contributed by atoms with Crippen LogP contribution < -0.4 is 20.1 Å². The molecule has 0 unspecified atom stereocenters. The quantitative estimate of drug-likeness (QED) is 0.873. The number of benzene rings is 1. The van der Waals surface area contributed by atoms with Gasteiger partial charge in [-0.2, -0.15) is 5.10 Å². The Balaban J connectivity index is 1.27. The molecule has 2 heterocycles. The van der Waals surface area contributed by atoms with E-state index in [9.17, 15) is 4.79 Å². The van der Waals surface area contributed by atoms with Crippen LogP contribution in [0.25, 0.3) is 0 Å². The Kier molecular flexibility index (Phi) is 4.37. The van der Waals surface area contributed by atoms with Crippen LogP contribution in [0.15, 0.2) is 30.3 Å². The van der Waals surface area contributed by atoms with Crippen molar-refractivity contribution < 1.29 is 14.3 Å². The number of hydrogen-bond donors (Lipinski definition) is 2. The predicted octanol–water partition coefficient (Wildman–Crippen LogP) is 2.49. The van der Waals surface area contributed by atoms with Crippen molar-refractivity contribution in [3.63, 3.8) is 0 Å². The molecule has 2 aromatic rings. The second-order valence-corrected chi connectivity index (χ2v) is 6.19. The molecular formula is C18H20N4O3. The molecule has 2 amide bonds. The third-order valence-corrected chi connectivity index (χ3v) is 4.25. The second kappa shape index (κ2) is 6.96. The summed E-state index contributed by atoms with van der Waals surface area (Å²) in [6.07, 6.45) is 3.02. The Morgan fingerprint density at radius 1 is 1.12 bits per heavy atom. The molecule has 4 rings (SSSR count). The molecule has 0 spiro atoms. The molecule has 1 aromatic carbocycles. The average Bonchev–Trinajstić information content (AvgIpc) is 3.48. The smallest absolute Gasteiger partial charge is 0.320 e. The normalized spacial score (nSPS) is 15.5. The van der Waals surface area contributed by atoms with Gasteiger partial charge in [-0.3, -0.25) is 5.32 Å². The molecule has 0 saturated heterocycles. The molecule has 1 fully saturated rings. The first-order valence-electron chi connectivity index (χ1n) is 8.55. The molecule has 2 aliphatic rings. The average molecular weight is 340 g/mol. The number of fused-ring (bicyclic) bond motifs is 1. The standard InChI is InChI=1S/C18H20N4O3/c23-18(20-16-7-6-14(21-22-16)12-4-5-12)19-9-8-13-2-1-3-15-17(13)25-11-10-24-15/h1-3,6-7,12H,4-5,8-11H2,(H2,19,20,22,23). The zero-order valence-electron chi connectivity index (χ0n) is 13.8. The van der Waals surface area contributed by atoms with Crippen LogP contribution in [0.5, 0.6) is 11.5 Å². The minimum Gasteiger partial charge on any atom is -0.486 e. The van der Waals surface area contributed by atoms with Crippen LogP contribution in [0, 0.1) is 0 Å². The number of anilines is 1. The van der Waals surface area contributed by atoms with Gasteiger partial charge in [-0.25, -0.2) is 4.79 Å². The van der Waals surface area contributed by atoms with Crippen LogP contribution in [0.4, 0.5) is 10.6 Å². The molecule has 1 aliphatic heterocycles. The Morgan fingerprint density at radius 2 is 2.00 bits per heavy atom. The number of amides is 2. The predicted molar refractivity (Wildman–Crippen MR) is 92.2 cm³/mol. The maximum atomic E-state index is 12.0. The van der Waals surface area contributed by atoms with Gasteiger partial charge in [0, 0.05) is 12.5 Å². The van der Waals surface area contributed by atoms with E-state index in [1.165, 1.54) is 12.8 Å². The summed E-state index contributed by atoms with van der Waals surface area (Å²) >= 11 is 0. The van der Waals surface area contributed by atoms with Crippen molar-refractivity contribution in [3.8, 4) is 11.5 Å². The van der Waals surface area contributed by atoms with Gasteiger partial charge in [0.2, 0.25) is 0 Å². The van der Waals surface area contributed by atoms with Gasteiger partial charge in [0.25, 0.3) is 0 Å². The highest BCUT2D eigenvalue weighted by atomic mass is 16.6. The fourth-order valence-corrected chi connectivity index (χ4v) is 2.81. The molecule has 25 heavy (non-hydrogen) atoms. The van der Waals surface area contributed by atoms with E-state index in [0.29, 0.717) is 37.9 Å². The third-order valence-electron chi connectivity index (χ3n) is 4.25. The summed E-state index contributed by atoms with van der Waals surface area (Å²) in [7, 11) is 0. The second-order valence-electron chi connectivity index (χ2n) is 6.19. The Morgan fingerprint density at radius 3 is 2.80 bits per heavy atom. The van der Waals surface area contributed by atoms with Crippen molar-refractivity contribution in [2.45, 2.75) is 25.2 Å². The van der Waals surface area contributed by atoms with Crippen molar-refractivity contribution in [3.05, 3.63) is 41.6 Å². The SMILES string of the molecule is O=C(NCCc1cccc2c1OCCO2)Nc1ccc(C2CC2)nn1. The van der Waals surface area contributed by atoms with Crippen LogP contribution in [-0.2, 0) is 6.42 Å². The summed E-state index contributed by atoms with van der Waals surface area (Å²) < 4.78 is 11.2. The van der Waals surface area contributed by atoms with Gasteiger partial charge in [0.05, 0.1) is 5.69 Å². The van der Waals surface area contributed by atoms with Crippen molar-refractivity contribution >= 4 is 11.8 Å². The van der Waals surface area contributed by atoms with Crippen molar-refractivity contribution in [1.29, 1.82) is 0 Å². The molecule has 0 bridgehead atoms. The fourth-order valence-electron chi connectivity index (χ4n) is 2.81. The van der Waals surface area contributed by atoms with Crippen LogP contribution in [-0.4, -0.2) is 36.0 Å². The number of rotatable bonds is 5. The lowest BCUT2D eigenvalue weighted by Crippen LogP contribution is -2.31. The number of carbonyl (C=O) groups excluding carboxylic acids is 1. The Hall–Kier alpha value is -2.83. The van der Waals surface area contributed by atoms with Gasteiger partial charge in [0.1, 0.15) is 13.2 Å². The van der Waals surface area contributed by atoms with E-state index < -0.39 is 0 Å². The minimum atomic E-state index is -0.296. The van der Waals surface area contributed by atoms with Crippen LogP contribution in [0.3, 0.4) is 0 Å². The summed E-state index contributed by atoms with van der Waals surface area (Å²) in [6.45, 7) is 1.60. The maximum Gasteiger partial charge on any atom is 0.320 e. The molecule has 2 N–H and O–H groups in total. The maximum absolute atomic E-state index is 12.0. The lowest BCUT2D eigenvalue weighted by atomic mass is 10.1. The van der Waals surface area contributed by atoms with Gasteiger partial charge < -0.3 is 14.8 Å². The molecule has 1 aliphatic carbocycles.